The molecule has 0 radical (unpaired) electrons. The van der Waals surface area contributed by atoms with Crippen molar-refractivity contribution in [2.24, 2.45) is 0 Å². The number of halogens is 1. The summed E-state index contributed by atoms with van der Waals surface area (Å²) in [5.74, 6) is -0.559. The van der Waals surface area contributed by atoms with Crippen molar-refractivity contribution >= 4 is 32.6 Å². The lowest BCUT2D eigenvalue weighted by Gasteiger charge is -2.14. The molecule has 0 spiro atoms. The number of anilines is 1. The minimum atomic E-state index is -4.11. The van der Waals surface area contributed by atoms with Crippen LogP contribution in [0.15, 0.2) is 33.6 Å². The highest BCUT2D eigenvalue weighted by atomic mass is 32.2. The van der Waals surface area contributed by atoms with Crippen molar-refractivity contribution in [2.75, 3.05) is 17.8 Å². The number of benzene rings is 2. The summed E-state index contributed by atoms with van der Waals surface area (Å²) in [4.78, 5) is 14.6. The predicted octanol–water partition coefficient (Wildman–Crippen LogP) is 4.84. The minimum absolute atomic E-state index is 0.0351. The van der Waals surface area contributed by atoms with Crippen molar-refractivity contribution in [2.45, 2.75) is 45.4 Å². The molecule has 0 aliphatic carbocycles. The number of sulfonamides is 1. The second kappa shape index (κ2) is 7.67. The van der Waals surface area contributed by atoms with Crippen LogP contribution in [0.5, 0.6) is 0 Å². The molecule has 31 heavy (non-hydrogen) atoms. The van der Waals surface area contributed by atoms with Crippen LogP contribution < -0.4 is 4.72 Å². The molecule has 0 saturated carbocycles. The number of nitrogens with zero attached hydrogens (tertiary/aromatic N) is 1. The van der Waals surface area contributed by atoms with Crippen LogP contribution in [0.1, 0.15) is 45.7 Å². The SMILES string of the molecule is Cc1ccc(NS(=O)(=O)c2c(C)c(C)cc3c(C)c(C(=O)N4CCCC4)oc23)cc1F. The van der Waals surface area contributed by atoms with Gasteiger partial charge in [-0.2, -0.15) is 0 Å². The summed E-state index contributed by atoms with van der Waals surface area (Å²) in [5.41, 5.74) is 2.57. The molecule has 0 bridgehead atoms. The number of hydrogen-bond donors (Lipinski definition) is 1. The van der Waals surface area contributed by atoms with Crippen molar-refractivity contribution in [1.29, 1.82) is 0 Å². The van der Waals surface area contributed by atoms with Crippen molar-refractivity contribution < 1.29 is 22.0 Å². The van der Waals surface area contributed by atoms with Crippen molar-refractivity contribution in [3.8, 4) is 0 Å². The van der Waals surface area contributed by atoms with E-state index in [1.54, 1.807) is 25.7 Å². The molecule has 0 unspecified atom stereocenters. The van der Waals surface area contributed by atoms with Crippen molar-refractivity contribution in [1.82, 2.24) is 4.90 Å². The number of rotatable bonds is 4. The van der Waals surface area contributed by atoms with Gasteiger partial charge in [-0.15, -0.1) is 0 Å². The normalized spacial score (nSPS) is 14.4. The molecule has 2 aromatic carbocycles. The molecule has 1 aliphatic heterocycles. The molecule has 1 amide bonds. The monoisotopic (exact) mass is 444 g/mol. The number of likely N-dealkylation sites (tertiary alicyclic amines) is 1. The molecule has 8 heteroatoms. The summed E-state index contributed by atoms with van der Waals surface area (Å²) in [6.45, 7) is 8.21. The van der Waals surface area contributed by atoms with Gasteiger partial charge in [0.25, 0.3) is 15.9 Å². The van der Waals surface area contributed by atoms with Gasteiger partial charge in [-0.25, -0.2) is 12.8 Å². The maximum absolute atomic E-state index is 14.0. The zero-order valence-corrected chi connectivity index (χ0v) is 18.8. The van der Waals surface area contributed by atoms with Gasteiger partial charge in [-0.3, -0.25) is 9.52 Å². The zero-order valence-electron chi connectivity index (χ0n) is 18.0. The average Bonchev–Trinajstić information content (AvgIpc) is 3.34. The van der Waals surface area contributed by atoms with E-state index < -0.39 is 15.8 Å². The van der Waals surface area contributed by atoms with Crippen LogP contribution in [-0.2, 0) is 10.0 Å². The standard InChI is InChI=1S/C23H25FN2O4S/c1-13-7-8-17(12-19(13)24)25-31(28,29)22-15(3)14(2)11-18-16(4)20(30-21(18)22)23(27)26-9-5-6-10-26/h7-8,11-12,25H,5-6,9-10H2,1-4H3. The van der Waals surface area contributed by atoms with Gasteiger partial charge in [0, 0.05) is 24.0 Å². The Morgan fingerprint density at radius 2 is 1.71 bits per heavy atom. The van der Waals surface area contributed by atoms with Crippen LogP contribution in [0.4, 0.5) is 10.1 Å². The maximum atomic E-state index is 14.0. The predicted molar refractivity (Wildman–Crippen MR) is 118 cm³/mol. The number of amides is 1. The summed E-state index contributed by atoms with van der Waals surface area (Å²) in [5, 5.41) is 0.584. The fraction of sp³-hybridized carbons (Fsp3) is 0.348. The van der Waals surface area contributed by atoms with Gasteiger partial charge in [0.2, 0.25) is 0 Å². The van der Waals surface area contributed by atoms with E-state index in [9.17, 15) is 17.6 Å². The quantitative estimate of drug-likeness (QED) is 0.624. The van der Waals surface area contributed by atoms with Gasteiger partial charge in [-0.1, -0.05) is 6.07 Å². The van der Waals surface area contributed by atoms with E-state index in [-0.39, 0.29) is 27.8 Å². The molecule has 2 heterocycles. The van der Waals surface area contributed by atoms with Crippen molar-refractivity contribution in [3.05, 3.63) is 58.1 Å². The Morgan fingerprint density at radius 3 is 2.35 bits per heavy atom. The van der Waals surface area contributed by atoms with Crippen molar-refractivity contribution in [3.63, 3.8) is 0 Å². The first kappa shape index (κ1) is 21.4. The molecule has 1 fully saturated rings. The molecule has 3 aromatic rings. The molecular weight excluding hydrogens is 419 g/mol. The summed E-state index contributed by atoms with van der Waals surface area (Å²) in [6, 6.07) is 6.00. The zero-order chi connectivity index (χ0) is 22.5. The van der Waals surface area contributed by atoms with Gasteiger partial charge in [-0.05, 0) is 75.4 Å². The van der Waals surface area contributed by atoms with Crippen LogP contribution in [0, 0.1) is 33.5 Å². The first-order valence-electron chi connectivity index (χ1n) is 10.2. The second-order valence-corrected chi connectivity index (χ2v) is 9.77. The fourth-order valence-corrected chi connectivity index (χ4v) is 5.50. The lowest BCUT2D eigenvalue weighted by Crippen LogP contribution is -2.27. The molecule has 4 rings (SSSR count). The summed E-state index contributed by atoms with van der Waals surface area (Å²) < 4.78 is 49.0. The lowest BCUT2D eigenvalue weighted by molar-refractivity contribution is 0.0762. The smallest absolute Gasteiger partial charge is 0.289 e. The Kier molecular flexibility index (Phi) is 5.29. The Labute approximate surface area is 181 Å². The van der Waals surface area contributed by atoms with E-state index >= 15 is 0 Å². The molecule has 1 aliphatic rings. The van der Waals surface area contributed by atoms with E-state index in [0.717, 1.165) is 24.5 Å². The number of nitrogens with one attached hydrogen (secondary N) is 1. The van der Waals surface area contributed by atoms with E-state index in [4.69, 9.17) is 4.42 Å². The summed E-state index contributed by atoms with van der Waals surface area (Å²) >= 11 is 0. The third-order valence-corrected chi connectivity index (χ3v) is 7.51. The average molecular weight is 445 g/mol. The van der Waals surface area contributed by atoms with Crippen LogP contribution in [0.2, 0.25) is 0 Å². The maximum Gasteiger partial charge on any atom is 0.289 e. The number of carbonyl (C=O) groups excluding carboxylic acids is 1. The molecule has 1 saturated heterocycles. The molecular formula is C23H25FN2O4S. The van der Waals surface area contributed by atoms with Gasteiger partial charge in [0.15, 0.2) is 11.3 Å². The summed E-state index contributed by atoms with van der Waals surface area (Å²) in [6.07, 6.45) is 1.89. The number of carbonyl (C=O) groups is 1. The Balaban J connectivity index is 1.86. The minimum Gasteiger partial charge on any atom is -0.449 e. The Morgan fingerprint density at radius 1 is 1.03 bits per heavy atom. The molecule has 1 aromatic heterocycles. The molecule has 1 N–H and O–H groups in total. The highest BCUT2D eigenvalue weighted by Crippen LogP contribution is 2.36. The highest BCUT2D eigenvalue weighted by Gasteiger charge is 2.30. The second-order valence-electron chi connectivity index (χ2n) is 8.15. The Hall–Kier alpha value is -2.87. The third kappa shape index (κ3) is 3.69. The van der Waals surface area contributed by atoms with Gasteiger partial charge < -0.3 is 9.32 Å². The van der Waals surface area contributed by atoms with Gasteiger partial charge in [0.1, 0.15) is 10.7 Å². The number of hydrogen-bond acceptors (Lipinski definition) is 4. The highest BCUT2D eigenvalue weighted by molar-refractivity contribution is 7.93. The number of fused-ring (bicyclic) bond motifs is 1. The molecule has 6 nitrogen and oxygen atoms in total. The number of aryl methyl sites for hydroxylation is 3. The third-order valence-electron chi connectivity index (χ3n) is 5.97. The molecule has 0 atom stereocenters. The largest absolute Gasteiger partial charge is 0.449 e. The summed E-state index contributed by atoms with van der Waals surface area (Å²) in [7, 11) is -4.11. The van der Waals surface area contributed by atoms with E-state index in [0.29, 0.717) is 35.2 Å². The first-order valence-corrected chi connectivity index (χ1v) is 11.7. The number of furan rings is 1. The topological polar surface area (TPSA) is 79.6 Å². The van der Waals surface area contributed by atoms with E-state index in [1.165, 1.54) is 12.1 Å². The fourth-order valence-electron chi connectivity index (χ4n) is 4.00. The lowest BCUT2D eigenvalue weighted by atomic mass is 10.0. The van der Waals surface area contributed by atoms with E-state index in [1.807, 2.05) is 13.0 Å². The Bertz CT molecular complexity index is 1310. The van der Waals surface area contributed by atoms with Crippen LogP contribution >= 0.6 is 0 Å². The van der Waals surface area contributed by atoms with Crippen LogP contribution in [-0.4, -0.2) is 32.3 Å². The van der Waals surface area contributed by atoms with Crippen LogP contribution in [0.25, 0.3) is 11.0 Å². The molecule has 164 valence electrons. The van der Waals surface area contributed by atoms with E-state index in [2.05, 4.69) is 4.72 Å². The van der Waals surface area contributed by atoms with Crippen LogP contribution in [0.3, 0.4) is 0 Å². The van der Waals surface area contributed by atoms with Gasteiger partial charge >= 0.3 is 0 Å². The van der Waals surface area contributed by atoms with Gasteiger partial charge in [0.05, 0.1) is 5.69 Å². The first-order chi connectivity index (χ1) is 14.6.